The maximum atomic E-state index is 12.2. The highest BCUT2D eigenvalue weighted by Crippen LogP contribution is 2.40. The van der Waals surface area contributed by atoms with Crippen molar-refractivity contribution in [2.24, 2.45) is 5.92 Å². The first-order chi connectivity index (χ1) is 12.0. The quantitative estimate of drug-likeness (QED) is 0.790. The molecule has 1 fully saturated rings. The SMILES string of the molecule is COc1cc([C@H](C)O)cc(OC)c1OCC(=O)N[C@@H]1CCCC[C@H]1C. The van der Waals surface area contributed by atoms with Crippen LogP contribution in [0.2, 0.25) is 0 Å². The van der Waals surface area contributed by atoms with Gasteiger partial charge in [-0.25, -0.2) is 0 Å². The lowest BCUT2D eigenvalue weighted by Crippen LogP contribution is -2.43. The topological polar surface area (TPSA) is 77.0 Å². The summed E-state index contributed by atoms with van der Waals surface area (Å²) in [6.45, 7) is 3.73. The van der Waals surface area contributed by atoms with Gasteiger partial charge < -0.3 is 24.6 Å². The van der Waals surface area contributed by atoms with Crippen molar-refractivity contribution in [3.05, 3.63) is 17.7 Å². The number of ether oxygens (including phenoxy) is 3. The van der Waals surface area contributed by atoms with Crippen molar-refractivity contribution in [2.75, 3.05) is 20.8 Å². The maximum absolute atomic E-state index is 12.2. The van der Waals surface area contributed by atoms with Crippen LogP contribution in [0.15, 0.2) is 12.1 Å². The number of carbonyl (C=O) groups is 1. The second-order valence-electron chi connectivity index (χ2n) is 6.65. The van der Waals surface area contributed by atoms with Crippen molar-refractivity contribution in [3.8, 4) is 17.2 Å². The van der Waals surface area contributed by atoms with Gasteiger partial charge in [-0.3, -0.25) is 4.79 Å². The Balaban J connectivity index is 2.04. The first kappa shape index (κ1) is 19.4. The highest BCUT2D eigenvalue weighted by atomic mass is 16.5. The summed E-state index contributed by atoms with van der Waals surface area (Å²) in [5.41, 5.74) is 0.654. The van der Waals surface area contributed by atoms with Crippen molar-refractivity contribution < 1.29 is 24.1 Å². The van der Waals surface area contributed by atoms with Gasteiger partial charge in [-0.1, -0.05) is 19.8 Å². The van der Waals surface area contributed by atoms with Gasteiger partial charge in [-0.15, -0.1) is 0 Å². The number of amides is 1. The third-order valence-corrected chi connectivity index (χ3v) is 4.77. The van der Waals surface area contributed by atoms with Gasteiger partial charge in [0.25, 0.3) is 5.91 Å². The number of hydrogen-bond acceptors (Lipinski definition) is 5. The largest absolute Gasteiger partial charge is 0.493 e. The third-order valence-electron chi connectivity index (χ3n) is 4.77. The van der Waals surface area contributed by atoms with Gasteiger partial charge in [0.15, 0.2) is 18.1 Å². The van der Waals surface area contributed by atoms with Crippen LogP contribution in [0.25, 0.3) is 0 Å². The minimum atomic E-state index is -0.659. The zero-order chi connectivity index (χ0) is 18.4. The summed E-state index contributed by atoms with van der Waals surface area (Å²) in [6.07, 6.45) is 3.89. The van der Waals surface area contributed by atoms with E-state index in [1.54, 1.807) is 19.1 Å². The fraction of sp³-hybridized carbons (Fsp3) is 0.632. The molecule has 25 heavy (non-hydrogen) atoms. The summed E-state index contributed by atoms with van der Waals surface area (Å²) in [7, 11) is 3.02. The molecule has 6 nitrogen and oxygen atoms in total. The lowest BCUT2D eigenvalue weighted by molar-refractivity contribution is -0.124. The average Bonchev–Trinajstić information content (AvgIpc) is 2.61. The molecule has 1 saturated carbocycles. The summed E-state index contributed by atoms with van der Waals surface area (Å²) >= 11 is 0. The first-order valence-electron chi connectivity index (χ1n) is 8.82. The van der Waals surface area contributed by atoms with Gasteiger partial charge in [-0.2, -0.15) is 0 Å². The van der Waals surface area contributed by atoms with E-state index in [-0.39, 0.29) is 18.6 Å². The number of hydrogen-bond donors (Lipinski definition) is 2. The molecule has 0 aromatic heterocycles. The normalized spacial score (nSPS) is 21.3. The Labute approximate surface area is 149 Å². The van der Waals surface area contributed by atoms with Gasteiger partial charge >= 0.3 is 0 Å². The Morgan fingerprint density at radius 3 is 2.36 bits per heavy atom. The van der Waals surface area contributed by atoms with Crippen LogP contribution in [0.1, 0.15) is 51.2 Å². The lowest BCUT2D eigenvalue weighted by atomic mass is 9.86. The molecule has 2 rings (SSSR count). The Kier molecular flexibility index (Phi) is 6.93. The molecule has 2 N–H and O–H groups in total. The molecule has 0 heterocycles. The van der Waals surface area contributed by atoms with Crippen molar-refractivity contribution in [1.82, 2.24) is 5.32 Å². The first-order valence-corrected chi connectivity index (χ1v) is 8.82. The van der Waals surface area contributed by atoms with E-state index >= 15 is 0 Å². The summed E-state index contributed by atoms with van der Waals surface area (Å²) < 4.78 is 16.3. The molecule has 0 spiro atoms. The van der Waals surface area contributed by atoms with Crippen LogP contribution in [0.4, 0.5) is 0 Å². The molecule has 1 amide bonds. The van der Waals surface area contributed by atoms with Crippen LogP contribution < -0.4 is 19.5 Å². The van der Waals surface area contributed by atoms with E-state index in [2.05, 4.69) is 12.2 Å². The van der Waals surface area contributed by atoms with E-state index in [4.69, 9.17) is 14.2 Å². The van der Waals surface area contributed by atoms with E-state index in [9.17, 15) is 9.90 Å². The smallest absolute Gasteiger partial charge is 0.258 e. The van der Waals surface area contributed by atoms with Gasteiger partial charge in [-0.05, 0) is 43.4 Å². The van der Waals surface area contributed by atoms with Crippen molar-refractivity contribution in [1.29, 1.82) is 0 Å². The number of rotatable bonds is 7. The zero-order valence-electron chi connectivity index (χ0n) is 15.5. The molecule has 1 aromatic carbocycles. The molecule has 3 atom stereocenters. The van der Waals surface area contributed by atoms with E-state index in [0.29, 0.717) is 28.7 Å². The molecule has 6 heteroatoms. The van der Waals surface area contributed by atoms with Crippen LogP contribution in [0.3, 0.4) is 0 Å². The Morgan fingerprint density at radius 1 is 1.24 bits per heavy atom. The maximum Gasteiger partial charge on any atom is 0.258 e. The van der Waals surface area contributed by atoms with Crippen molar-refractivity contribution in [2.45, 2.75) is 51.7 Å². The number of methoxy groups -OCH3 is 2. The number of nitrogens with one attached hydrogen (secondary N) is 1. The van der Waals surface area contributed by atoms with Gasteiger partial charge in [0, 0.05) is 6.04 Å². The Hall–Kier alpha value is -1.95. The predicted octanol–water partition coefficient (Wildman–Crippen LogP) is 2.83. The third kappa shape index (κ3) is 5.01. The number of carbonyl (C=O) groups excluding carboxylic acids is 1. The van der Waals surface area contributed by atoms with Crippen LogP contribution in [0.5, 0.6) is 17.2 Å². The molecule has 0 unspecified atom stereocenters. The van der Waals surface area contributed by atoms with Crippen LogP contribution in [-0.2, 0) is 4.79 Å². The zero-order valence-corrected chi connectivity index (χ0v) is 15.5. The van der Waals surface area contributed by atoms with Crippen LogP contribution in [0, 0.1) is 5.92 Å². The Bertz CT molecular complexity index is 562. The second-order valence-corrected chi connectivity index (χ2v) is 6.65. The number of benzene rings is 1. The summed E-state index contributed by atoms with van der Waals surface area (Å²) in [5, 5.41) is 12.8. The number of aliphatic hydroxyl groups is 1. The molecular formula is C19H29NO5. The fourth-order valence-electron chi connectivity index (χ4n) is 3.20. The second kappa shape index (κ2) is 8.94. The van der Waals surface area contributed by atoms with Crippen molar-refractivity contribution >= 4 is 5.91 Å². The molecule has 0 bridgehead atoms. The van der Waals surface area contributed by atoms with Crippen molar-refractivity contribution in [3.63, 3.8) is 0 Å². The summed E-state index contributed by atoms with van der Waals surface area (Å²) in [4.78, 5) is 12.2. The van der Waals surface area contributed by atoms with Gasteiger partial charge in [0.05, 0.1) is 20.3 Å². The predicted molar refractivity (Wildman–Crippen MR) is 95.2 cm³/mol. The van der Waals surface area contributed by atoms with Crippen LogP contribution in [-0.4, -0.2) is 37.9 Å². The summed E-state index contributed by atoms with van der Waals surface area (Å²) in [6, 6.07) is 3.58. The van der Waals surface area contributed by atoms with Crippen LogP contribution >= 0.6 is 0 Å². The summed E-state index contributed by atoms with van der Waals surface area (Å²) in [5.74, 6) is 1.55. The molecule has 0 radical (unpaired) electrons. The Morgan fingerprint density at radius 2 is 1.84 bits per heavy atom. The fourth-order valence-corrected chi connectivity index (χ4v) is 3.20. The molecule has 1 aromatic rings. The molecule has 1 aliphatic carbocycles. The minimum Gasteiger partial charge on any atom is -0.493 e. The highest BCUT2D eigenvalue weighted by molar-refractivity contribution is 5.78. The van der Waals surface area contributed by atoms with E-state index in [1.807, 2.05) is 0 Å². The molecule has 0 aliphatic heterocycles. The lowest BCUT2D eigenvalue weighted by Gasteiger charge is -2.29. The van der Waals surface area contributed by atoms with E-state index < -0.39 is 6.10 Å². The average molecular weight is 351 g/mol. The monoisotopic (exact) mass is 351 g/mol. The molecule has 1 aliphatic rings. The number of aliphatic hydroxyl groups excluding tert-OH is 1. The van der Waals surface area contributed by atoms with Gasteiger partial charge in [0.2, 0.25) is 5.75 Å². The van der Waals surface area contributed by atoms with Gasteiger partial charge in [0.1, 0.15) is 0 Å². The highest BCUT2D eigenvalue weighted by Gasteiger charge is 2.23. The molecule has 0 saturated heterocycles. The molecular weight excluding hydrogens is 322 g/mol. The minimum absolute atomic E-state index is 0.107. The van der Waals surface area contributed by atoms with E-state index in [1.165, 1.54) is 20.6 Å². The van der Waals surface area contributed by atoms with E-state index in [0.717, 1.165) is 19.3 Å². The molecule has 140 valence electrons. The standard InChI is InChI=1S/C19H29NO5/c1-12-7-5-6-8-15(12)20-18(22)11-25-19-16(23-3)9-14(13(2)21)10-17(19)24-4/h9-10,12-13,15,21H,5-8,11H2,1-4H3,(H,20,22)/t12-,13+,15-/m1/s1.